The second-order valence-corrected chi connectivity index (χ2v) is 12.4. The predicted molar refractivity (Wildman–Crippen MR) is 127 cm³/mol. The number of hydrogen-bond donors (Lipinski definition) is 1. The highest BCUT2D eigenvalue weighted by Crippen LogP contribution is 2.29. The maximum atomic E-state index is 13.1. The van der Waals surface area contributed by atoms with E-state index >= 15 is 0 Å². The number of carbonyl (C=O) groups is 1. The number of benzene rings is 1. The first-order valence-corrected chi connectivity index (χ1v) is 14.7. The number of likely N-dealkylation sites (tertiary alicyclic amines) is 1. The second-order valence-electron chi connectivity index (χ2n) is 8.37. The molecule has 2 fully saturated rings. The molecule has 3 rings (SSSR count). The fourth-order valence-electron chi connectivity index (χ4n) is 4.12. The van der Waals surface area contributed by atoms with Crippen LogP contribution < -0.4 is 4.72 Å². The number of piperidine rings is 1. The summed E-state index contributed by atoms with van der Waals surface area (Å²) in [6.07, 6.45) is 10.3. The molecule has 1 aromatic carbocycles. The zero-order valence-corrected chi connectivity index (χ0v) is 20.5. The van der Waals surface area contributed by atoms with Gasteiger partial charge in [0.25, 0.3) is 5.91 Å². The number of nitrogens with zero attached hydrogens (tertiary/aromatic N) is 1. The molecule has 1 saturated heterocycles. The van der Waals surface area contributed by atoms with Gasteiger partial charge < -0.3 is 4.90 Å². The molecule has 1 heterocycles. The van der Waals surface area contributed by atoms with Gasteiger partial charge in [-0.1, -0.05) is 26.2 Å². The number of amides is 1. The molecule has 0 atom stereocenters. The summed E-state index contributed by atoms with van der Waals surface area (Å²) in [5.74, 6) is 1.36. The fraction of sp³-hybridized carbons (Fsp3) is 0.682. The molecule has 0 aromatic heterocycles. The SMILES string of the molecule is CSc1ccc(S(=O)(=O)NCCSC2CCCCC2)cc1C(=O)N1CCC(C)CC1. The van der Waals surface area contributed by atoms with Crippen LogP contribution in [0.5, 0.6) is 0 Å². The Morgan fingerprint density at radius 2 is 1.83 bits per heavy atom. The van der Waals surface area contributed by atoms with Crippen LogP contribution in [0.4, 0.5) is 0 Å². The molecule has 168 valence electrons. The van der Waals surface area contributed by atoms with E-state index in [-0.39, 0.29) is 10.8 Å². The van der Waals surface area contributed by atoms with Gasteiger partial charge in [-0.3, -0.25) is 4.79 Å². The molecule has 0 spiro atoms. The molecule has 1 aliphatic carbocycles. The summed E-state index contributed by atoms with van der Waals surface area (Å²) in [7, 11) is -3.63. The van der Waals surface area contributed by atoms with Crippen LogP contribution in [-0.4, -0.2) is 56.1 Å². The third-order valence-electron chi connectivity index (χ3n) is 6.08. The van der Waals surface area contributed by atoms with Gasteiger partial charge in [-0.25, -0.2) is 13.1 Å². The number of thioether (sulfide) groups is 2. The number of carbonyl (C=O) groups excluding carboxylic acids is 1. The van der Waals surface area contributed by atoms with Crippen molar-refractivity contribution in [1.29, 1.82) is 0 Å². The van der Waals surface area contributed by atoms with Crippen LogP contribution >= 0.6 is 23.5 Å². The van der Waals surface area contributed by atoms with E-state index in [4.69, 9.17) is 0 Å². The van der Waals surface area contributed by atoms with E-state index in [0.29, 0.717) is 23.3 Å². The molecule has 1 saturated carbocycles. The lowest BCUT2D eigenvalue weighted by atomic mass is 9.98. The lowest BCUT2D eigenvalue weighted by Gasteiger charge is -2.30. The van der Waals surface area contributed by atoms with E-state index in [1.807, 2.05) is 22.9 Å². The maximum absolute atomic E-state index is 13.1. The summed E-state index contributed by atoms with van der Waals surface area (Å²) in [4.78, 5) is 16.0. The van der Waals surface area contributed by atoms with Gasteiger partial charge in [0, 0.05) is 35.5 Å². The highest BCUT2D eigenvalue weighted by Gasteiger charge is 2.25. The molecule has 1 aromatic rings. The van der Waals surface area contributed by atoms with Gasteiger partial charge in [-0.15, -0.1) is 11.8 Å². The van der Waals surface area contributed by atoms with E-state index in [9.17, 15) is 13.2 Å². The minimum Gasteiger partial charge on any atom is -0.339 e. The summed E-state index contributed by atoms with van der Waals surface area (Å²) in [6.45, 7) is 4.10. The van der Waals surface area contributed by atoms with Crippen molar-refractivity contribution in [3.05, 3.63) is 23.8 Å². The van der Waals surface area contributed by atoms with Crippen LogP contribution in [0.2, 0.25) is 0 Å². The number of sulfonamides is 1. The Morgan fingerprint density at radius 1 is 1.13 bits per heavy atom. The molecule has 0 unspecified atom stereocenters. The average molecular weight is 471 g/mol. The number of nitrogens with one attached hydrogen (secondary N) is 1. The standard InChI is InChI=1S/C22H34N2O3S3/c1-17-10-13-24(14-11-17)22(25)20-16-19(8-9-21(20)28-2)30(26,27)23-12-15-29-18-6-4-3-5-7-18/h8-9,16-18,23H,3-7,10-15H2,1-2H3. The summed E-state index contributed by atoms with van der Waals surface area (Å²) in [6, 6.07) is 4.93. The average Bonchev–Trinajstić information content (AvgIpc) is 2.77. The van der Waals surface area contributed by atoms with Crippen LogP contribution in [0.3, 0.4) is 0 Å². The summed E-state index contributed by atoms with van der Waals surface area (Å²) in [5, 5.41) is 0.667. The minimum atomic E-state index is -3.63. The van der Waals surface area contributed by atoms with Crippen molar-refractivity contribution < 1.29 is 13.2 Å². The van der Waals surface area contributed by atoms with Crippen molar-refractivity contribution in [1.82, 2.24) is 9.62 Å². The molecular formula is C22H34N2O3S3. The highest BCUT2D eigenvalue weighted by atomic mass is 32.2. The lowest BCUT2D eigenvalue weighted by Crippen LogP contribution is -2.38. The zero-order valence-electron chi connectivity index (χ0n) is 18.1. The minimum absolute atomic E-state index is 0.0591. The first kappa shape index (κ1) is 24.0. The first-order chi connectivity index (χ1) is 14.4. The Kier molecular flexibility index (Phi) is 8.98. The quantitative estimate of drug-likeness (QED) is 0.443. The van der Waals surface area contributed by atoms with Gasteiger partial charge in [-0.2, -0.15) is 11.8 Å². The second kappa shape index (κ2) is 11.2. The van der Waals surface area contributed by atoms with Crippen LogP contribution in [0.1, 0.15) is 62.2 Å². The molecule has 0 bridgehead atoms. The Bertz CT molecular complexity index is 815. The van der Waals surface area contributed by atoms with Gasteiger partial charge in [0.15, 0.2) is 0 Å². The number of hydrogen-bond acceptors (Lipinski definition) is 5. The lowest BCUT2D eigenvalue weighted by molar-refractivity contribution is 0.0693. The molecular weight excluding hydrogens is 436 g/mol. The van der Waals surface area contributed by atoms with E-state index < -0.39 is 10.0 Å². The highest BCUT2D eigenvalue weighted by molar-refractivity contribution is 8.00. The van der Waals surface area contributed by atoms with E-state index in [1.165, 1.54) is 43.9 Å². The van der Waals surface area contributed by atoms with E-state index in [2.05, 4.69) is 11.6 Å². The van der Waals surface area contributed by atoms with E-state index in [1.54, 1.807) is 18.2 Å². The van der Waals surface area contributed by atoms with Crippen molar-refractivity contribution >= 4 is 39.5 Å². The third-order valence-corrected chi connectivity index (χ3v) is 9.72. The Balaban J connectivity index is 1.64. The monoisotopic (exact) mass is 470 g/mol. The largest absolute Gasteiger partial charge is 0.339 e. The topological polar surface area (TPSA) is 66.5 Å². The summed E-state index contributed by atoms with van der Waals surface area (Å²) < 4.78 is 28.4. The van der Waals surface area contributed by atoms with Gasteiger partial charge >= 0.3 is 0 Å². The predicted octanol–water partition coefficient (Wildman–Crippen LogP) is 4.62. The smallest absolute Gasteiger partial charge is 0.255 e. The van der Waals surface area contributed by atoms with Crippen LogP contribution in [0.25, 0.3) is 0 Å². The van der Waals surface area contributed by atoms with Crippen molar-refractivity contribution in [2.24, 2.45) is 5.92 Å². The summed E-state index contributed by atoms with van der Waals surface area (Å²) in [5.41, 5.74) is 0.497. The normalized spacial score (nSPS) is 19.2. The third kappa shape index (κ3) is 6.40. The van der Waals surface area contributed by atoms with Crippen molar-refractivity contribution in [3.63, 3.8) is 0 Å². The van der Waals surface area contributed by atoms with Gasteiger partial charge in [0.1, 0.15) is 0 Å². The Hall–Kier alpha value is -0.700. The van der Waals surface area contributed by atoms with E-state index in [0.717, 1.165) is 36.6 Å². The van der Waals surface area contributed by atoms with Gasteiger partial charge in [0.2, 0.25) is 10.0 Å². The van der Waals surface area contributed by atoms with Crippen LogP contribution in [0.15, 0.2) is 28.0 Å². The molecule has 1 amide bonds. The molecule has 8 heteroatoms. The molecule has 0 radical (unpaired) electrons. The molecule has 30 heavy (non-hydrogen) atoms. The zero-order chi connectivity index (χ0) is 21.6. The van der Waals surface area contributed by atoms with Crippen molar-refractivity contribution in [3.8, 4) is 0 Å². The Labute approximate surface area is 190 Å². The van der Waals surface area contributed by atoms with Gasteiger partial charge in [-0.05, 0) is 56.1 Å². The van der Waals surface area contributed by atoms with Crippen molar-refractivity contribution in [2.45, 2.75) is 66.9 Å². The van der Waals surface area contributed by atoms with Crippen LogP contribution in [0, 0.1) is 5.92 Å². The molecule has 1 aliphatic heterocycles. The van der Waals surface area contributed by atoms with Crippen molar-refractivity contribution in [2.75, 3.05) is 31.6 Å². The van der Waals surface area contributed by atoms with Crippen LogP contribution in [-0.2, 0) is 10.0 Å². The maximum Gasteiger partial charge on any atom is 0.255 e. The Morgan fingerprint density at radius 3 is 2.50 bits per heavy atom. The fourth-order valence-corrected chi connectivity index (χ4v) is 7.10. The molecule has 5 nitrogen and oxygen atoms in total. The van der Waals surface area contributed by atoms with Gasteiger partial charge in [0.05, 0.1) is 10.5 Å². The first-order valence-electron chi connectivity index (χ1n) is 11.0. The summed E-state index contributed by atoms with van der Waals surface area (Å²) >= 11 is 3.35. The number of rotatable bonds is 8. The molecule has 1 N–H and O–H groups in total. The molecule has 2 aliphatic rings.